The molecule has 0 bridgehead atoms. The Kier molecular flexibility index (Phi) is 10.5. The monoisotopic (exact) mass is 641 g/mol. The standard InChI is InChI=1S/C33H30Cl3NO4S/c34-33(35,36)32(39)37-19-23-6-4-7-25(16-23)26-8-5-9-27(17-26)31-40-28(21-42-29-10-2-1-3-11-29)18-30(41-31)24-14-12-22(20-38)13-15-24/h1-17,28,30-31,38H,18-21H2,(H,37,39). The second-order valence-corrected chi connectivity index (χ2v) is 13.4. The molecule has 1 saturated heterocycles. The highest BCUT2D eigenvalue weighted by molar-refractivity contribution is 7.99. The average molecular weight is 643 g/mol. The highest BCUT2D eigenvalue weighted by Gasteiger charge is 2.32. The van der Waals surface area contributed by atoms with Crippen molar-refractivity contribution in [3.8, 4) is 11.1 Å². The summed E-state index contributed by atoms with van der Waals surface area (Å²) < 4.78 is 11.1. The largest absolute Gasteiger partial charge is 0.392 e. The normalized spacial score (nSPS) is 18.9. The number of benzene rings is 4. The zero-order chi connectivity index (χ0) is 29.5. The Bertz CT molecular complexity index is 1480. The Hall–Kier alpha value is -2.55. The minimum Gasteiger partial charge on any atom is -0.392 e. The van der Waals surface area contributed by atoms with E-state index in [4.69, 9.17) is 44.3 Å². The summed E-state index contributed by atoms with van der Waals surface area (Å²) in [6, 6.07) is 34.1. The lowest BCUT2D eigenvalue weighted by atomic mass is 9.99. The van der Waals surface area contributed by atoms with Gasteiger partial charge in [0.2, 0.25) is 0 Å². The van der Waals surface area contributed by atoms with E-state index >= 15 is 0 Å². The van der Waals surface area contributed by atoms with Gasteiger partial charge in [-0.05, 0) is 52.1 Å². The molecule has 3 atom stereocenters. The average Bonchev–Trinajstić information content (AvgIpc) is 3.03. The molecule has 0 radical (unpaired) electrons. The van der Waals surface area contributed by atoms with Crippen molar-refractivity contribution in [2.75, 3.05) is 5.75 Å². The number of carbonyl (C=O) groups excluding carboxylic acids is 1. The number of thioether (sulfide) groups is 1. The van der Waals surface area contributed by atoms with E-state index in [9.17, 15) is 9.90 Å². The topological polar surface area (TPSA) is 67.8 Å². The fourth-order valence-electron chi connectivity index (χ4n) is 4.74. The van der Waals surface area contributed by atoms with Gasteiger partial charge < -0.3 is 19.9 Å². The van der Waals surface area contributed by atoms with Gasteiger partial charge in [0.15, 0.2) is 6.29 Å². The van der Waals surface area contributed by atoms with Crippen LogP contribution in [-0.2, 0) is 27.4 Å². The predicted molar refractivity (Wildman–Crippen MR) is 170 cm³/mol. The van der Waals surface area contributed by atoms with Crippen molar-refractivity contribution < 1.29 is 19.4 Å². The maximum Gasteiger partial charge on any atom is 0.272 e. The van der Waals surface area contributed by atoms with Crippen molar-refractivity contribution in [1.82, 2.24) is 5.32 Å². The molecule has 1 amide bonds. The zero-order valence-electron chi connectivity index (χ0n) is 22.6. The minimum atomic E-state index is -2.01. The first-order valence-corrected chi connectivity index (χ1v) is 15.6. The molecule has 5 rings (SSSR count). The first-order valence-electron chi connectivity index (χ1n) is 13.5. The molecule has 218 valence electrons. The number of rotatable bonds is 9. The minimum absolute atomic E-state index is 0.00114. The van der Waals surface area contributed by atoms with Gasteiger partial charge in [-0.2, -0.15) is 0 Å². The molecule has 1 heterocycles. The molecular weight excluding hydrogens is 613 g/mol. The van der Waals surface area contributed by atoms with Crippen LogP contribution >= 0.6 is 46.6 Å². The zero-order valence-corrected chi connectivity index (χ0v) is 25.7. The van der Waals surface area contributed by atoms with Gasteiger partial charge in [0.1, 0.15) is 0 Å². The quantitative estimate of drug-likeness (QED) is 0.142. The van der Waals surface area contributed by atoms with E-state index in [0.717, 1.165) is 45.6 Å². The Morgan fingerprint density at radius 1 is 0.833 bits per heavy atom. The van der Waals surface area contributed by atoms with Crippen LogP contribution in [0.1, 0.15) is 41.1 Å². The van der Waals surface area contributed by atoms with E-state index in [2.05, 4.69) is 23.5 Å². The van der Waals surface area contributed by atoms with Crippen LogP contribution in [-0.4, -0.2) is 26.7 Å². The van der Waals surface area contributed by atoms with Crippen molar-refractivity contribution in [3.63, 3.8) is 0 Å². The molecule has 5 nitrogen and oxygen atoms in total. The maximum atomic E-state index is 12.0. The lowest BCUT2D eigenvalue weighted by Crippen LogP contribution is -2.33. The summed E-state index contributed by atoms with van der Waals surface area (Å²) in [4.78, 5) is 13.2. The molecule has 42 heavy (non-hydrogen) atoms. The number of hydrogen-bond donors (Lipinski definition) is 2. The number of halogens is 3. The van der Waals surface area contributed by atoms with Crippen molar-refractivity contribution in [2.24, 2.45) is 0 Å². The Morgan fingerprint density at radius 3 is 2.26 bits per heavy atom. The first kappa shape index (κ1) is 30.9. The number of carbonyl (C=O) groups is 1. The summed E-state index contributed by atoms with van der Waals surface area (Å²) in [5, 5.41) is 12.1. The van der Waals surface area contributed by atoms with Gasteiger partial charge in [-0.3, -0.25) is 4.79 Å². The van der Waals surface area contributed by atoms with Gasteiger partial charge >= 0.3 is 0 Å². The van der Waals surface area contributed by atoms with E-state index < -0.39 is 16.0 Å². The summed E-state index contributed by atoms with van der Waals surface area (Å²) in [6.07, 6.45) is -0.0399. The second-order valence-electron chi connectivity index (χ2n) is 9.98. The van der Waals surface area contributed by atoms with Gasteiger partial charge in [0.05, 0.1) is 18.8 Å². The fourth-order valence-corrected chi connectivity index (χ4v) is 5.88. The van der Waals surface area contributed by atoms with E-state index in [1.54, 1.807) is 11.8 Å². The smallest absolute Gasteiger partial charge is 0.272 e. The summed E-state index contributed by atoms with van der Waals surface area (Å²) in [7, 11) is 0. The molecular formula is C33H30Cl3NO4S. The summed E-state index contributed by atoms with van der Waals surface area (Å²) in [5.74, 6) is 0.114. The number of hydrogen-bond acceptors (Lipinski definition) is 5. The molecule has 3 unspecified atom stereocenters. The van der Waals surface area contributed by atoms with Crippen LogP contribution in [0.4, 0.5) is 0 Å². The Labute approximate surface area is 265 Å². The van der Waals surface area contributed by atoms with E-state index in [1.807, 2.05) is 84.9 Å². The molecule has 0 aromatic heterocycles. The molecule has 1 aliphatic heterocycles. The first-order chi connectivity index (χ1) is 20.3. The number of nitrogens with one attached hydrogen (secondary N) is 1. The van der Waals surface area contributed by atoms with Crippen molar-refractivity contribution in [3.05, 3.63) is 125 Å². The van der Waals surface area contributed by atoms with Crippen LogP contribution in [0.5, 0.6) is 0 Å². The SMILES string of the molecule is O=C(NCc1cccc(-c2cccc(C3OC(CSc4ccccc4)CC(c4ccc(CO)cc4)O3)c2)c1)C(Cl)(Cl)Cl. The van der Waals surface area contributed by atoms with Crippen molar-refractivity contribution >= 4 is 52.5 Å². The molecule has 0 spiro atoms. The van der Waals surface area contributed by atoms with Crippen LogP contribution in [0.2, 0.25) is 0 Å². The Morgan fingerprint density at radius 2 is 1.55 bits per heavy atom. The van der Waals surface area contributed by atoms with Crippen molar-refractivity contribution in [1.29, 1.82) is 0 Å². The van der Waals surface area contributed by atoms with E-state index in [0.29, 0.717) is 0 Å². The number of aliphatic hydroxyl groups excluding tert-OH is 1. The third kappa shape index (κ3) is 8.29. The highest BCUT2D eigenvalue weighted by atomic mass is 35.6. The third-order valence-electron chi connectivity index (χ3n) is 6.92. The van der Waals surface area contributed by atoms with Crippen LogP contribution < -0.4 is 5.32 Å². The summed E-state index contributed by atoms with van der Waals surface area (Å²) in [6.45, 7) is 0.230. The van der Waals surface area contributed by atoms with Crippen molar-refractivity contribution in [2.45, 2.75) is 46.8 Å². The number of amides is 1. The van der Waals surface area contributed by atoms with Crippen LogP contribution in [0, 0.1) is 0 Å². The maximum absolute atomic E-state index is 12.0. The highest BCUT2D eigenvalue weighted by Crippen LogP contribution is 2.40. The molecule has 1 aliphatic rings. The van der Waals surface area contributed by atoms with Gasteiger partial charge in [0, 0.05) is 29.2 Å². The number of aliphatic hydroxyl groups is 1. The van der Waals surface area contributed by atoms with E-state index in [1.165, 1.54) is 4.90 Å². The lowest BCUT2D eigenvalue weighted by Gasteiger charge is -2.36. The van der Waals surface area contributed by atoms with E-state index in [-0.39, 0.29) is 25.4 Å². The predicted octanol–water partition coefficient (Wildman–Crippen LogP) is 8.17. The second kappa shape index (κ2) is 14.3. The fraction of sp³-hybridized carbons (Fsp3) is 0.242. The molecule has 0 aliphatic carbocycles. The third-order valence-corrected chi connectivity index (χ3v) is 8.58. The summed E-state index contributed by atoms with van der Waals surface area (Å²) in [5.41, 5.74) is 5.65. The van der Waals surface area contributed by atoms with Gasteiger partial charge in [-0.15, -0.1) is 11.8 Å². The van der Waals surface area contributed by atoms with Crippen LogP contribution in [0.25, 0.3) is 11.1 Å². The van der Waals surface area contributed by atoms with Crippen LogP contribution in [0.15, 0.2) is 108 Å². The summed E-state index contributed by atoms with van der Waals surface area (Å²) >= 11 is 18.8. The number of ether oxygens (including phenoxy) is 2. The molecule has 4 aromatic carbocycles. The molecule has 1 fully saturated rings. The molecule has 0 saturated carbocycles. The molecule has 9 heteroatoms. The van der Waals surface area contributed by atoms with Crippen LogP contribution in [0.3, 0.4) is 0 Å². The van der Waals surface area contributed by atoms with Gasteiger partial charge in [0.25, 0.3) is 9.70 Å². The molecule has 4 aromatic rings. The number of alkyl halides is 3. The Balaban J connectivity index is 1.36. The lowest BCUT2D eigenvalue weighted by molar-refractivity contribution is -0.245. The van der Waals surface area contributed by atoms with Gasteiger partial charge in [-0.1, -0.05) is 114 Å². The molecule has 2 N–H and O–H groups in total. The van der Waals surface area contributed by atoms with Gasteiger partial charge in [-0.25, -0.2) is 0 Å².